The molecular formula is C28H22N2O6. The average Bonchev–Trinajstić information content (AvgIpc) is 2.91. The summed E-state index contributed by atoms with van der Waals surface area (Å²) in [5.74, 6) is 5.34. The fourth-order valence-corrected chi connectivity index (χ4v) is 3.49. The lowest BCUT2D eigenvalue weighted by Gasteiger charge is -2.12. The minimum atomic E-state index is -0.727. The lowest BCUT2D eigenvalue weighted by Crippen LogP contribution is -2.07. The molecule has 0 radical (unpaired) electrons. The number of rotatable bonds is 8. The third-order valence-corrected chi connectivity index (χ3v) is 5.20. The van der Waals surface area contributed by atoms with Crippen molar-refractivity contribution in [2.75, 3.05) is 13.7 Å². The first kappa shape index (κ1) is 24.4. The van der Waals surface area contributed by atoms with E-state index in [1.54, 1.807) is 6.07 Å². The Morgan fingerprint density at radius 1 is 0.972 bits per heavy atom. The van der Waals surface area contributed by atoms with E-state index in [0.717, 1.165) is 11.1 Å². The van der Waals surface area contributed by atoms with Crippen LogP contribution in [-0.2, 0) is 22.7 Å². The van der Waals surface area contributed by atoms with Gasteiger partial charge >= 0.3 is 5.97 Å². The van der Waals surface area contributed by atoms with Gasteiger partial charge in [-0.1, -0.05) is 72.5 Å². The van der Waals surface area contributed by atoms with Crippen molar-refractivity contribution in [2.45, 2.75) is 13.2 Å². The normalized spacial score (nSPS) is 10.4. The zero-order valence-corrected chi connectivity index (χ0v) is 19.5. The molecule has 0 aliphatic carbocycles. The lowest BCUT2D eigenvalue weighted by atomic mass is 10.1. The van der Waals surface area contributed by atoms with Gasteiger partial charge in [0.25, 0.3) is 5.69 Å². The Labute approximate surface area is 207 Å². The highest BCUT2D eigenvalue weighted by Gasteiger charge is 2.22. The number of aromatic nitrogens is 1. The fourth-order valence-electron chi connectivity index (χ4n) is 3.49. The summed E-state index contributed by atoms with van der Waals surface area (Å²) in [5.41, 5.74) is 1.93. The van der Waals surface area contributed by atoms with Crippen molar-refractivity contribution >= 4 is 22.6 Å². The molecule has 0 aliphatic heterocycles. The SMILES string of the molecule is COC(=O)c1cc(OCc2ccccc2)c2cc(C#CCOCc3ccccc3)cc([N+](=O)[O-])c2n1. The summed E-state index contributed by atoms with van der Waals surface area (Å²) >= 11 is 0. The van der Waals surface area contributed by atoms with Gasteiger partial charge in [0.05, 0.1) is 24.0 Å². The fraction of sp³-hybridized carbons (Fsp3) is 0.143. The van der Waals surface area contributed by atoms with Gasteiger partial charge < -0.3 is 14.2 Å². The first-order valence-electron chi connectivity index (χ1n) is 11.0. The van der Waals surface area contributed by atoms with Crippen LogP contribution in [0.15, 0.2) is 78.9 Å². The number of methoxy groups -OCH3 is 1. The van der Waals surface area contributed by atoms with Crippen LogP contribution in [0, 0.1) is 22.0 Å². The molecule has 0 fully saturated rings. The predicted molar refractivity (Wildman–Crippen MR) is 133 cm³/mol. The summed E-state index contributed by atoms with van der Waals surface area (Å²) in [6, 6.07) is 23.5. The van der Waals surface area contributed by atoms with Gasteiger partial charge in [0, 0.05) is 17.7 Å². The Morgan fingerprint density at radius 3 is 2.28 bits per heavy atom. The number of ether oxygens (including phenoxy) is 3. The molecule has 1 aromatic heterocycles. The highest BCUT2D eigenvalue weighted by Crippen LogP contribution is 2.33. The van der Waals surface area contributed by atoms with E-state index in [1.807, 2.05) is 60.7 Å². The van der Waals surface area contributed by atoms with Gasteiger partial charge in [0.15, 0.2) is 11.2 Å². The number of fused-ring (bicyclic) bond motifs is 1. The zero-order valence-electron chi connectivity index (χ0n) is 19.5. The molecule has 0 bridgehead atoms. The highest BCUT2D eigenvalue weighted by atomic mass is 16.6. The maximum atomic E-state index is 12.2. The third kappa shape index (κ3) is 6.03. The number of hydrogen-bond donors (Lipinski definition) is 0. The zero-order chi connectivity index (χ0) is 25.3. The molecule has 3 aromatic carbocycles. The van der Waals surface area contributed by atoms with Crippen LogP contribution in [0.3, 0.4) is 0 Å². The first-order valence-corrected chi connectivity index (χ1v) is 11.0. The van der Waals surface area contributed by atoms with E-state index < -0.39 is 10.9 Å². The summed E-state index contributed by atoms with van der Waals surface area (Å²) in [6.45, 7) is 0.750. The molecule has 0 saturated carbocycles. The average molecular weight is 482 g/mol. The van der Waals surface area contributed by atoms with E-state index in [4.69, 9.17) is 14.2 Å². The number of nitro benzene ring substituents is 1. The van der Waals surface area contributed by atoms with Crippen molar-refractivity contribution in [1.82, 2.24) is 4.98 Å². The minimum Gasteiger partial charge on any atom is -0.488 e. The first-order chi connectivity index (χ1) is 17.5. The number of non-ortho nitro benzene ring substituents is 1. The van der Waals surface area contributed by atoms with Gasteiger partial charge in [-0.2, -0.15) is 0 Å². The molecule has 0 atom stereocenters. The van der Waals surface area contributed by atoms with E-state index in [0.29, 0.717) is 17.6 Å². The number of carbonyl (C=O) groups excluding carboxylic acids is 1. The number of carbonyl (C=O) groups is 1. The summed E-state index contributed by atoms with van der Waals surface area (Å²) < 4.78 is 16.3. The van der Waals surface area contributed by atoms with Gasteiger partial charge in [-0.25, -0.2) is 9.78 Å². The molecule has 0 spiro atoms. The van der Waals surface area contributed by atoms with Gasteiger partial charge in [0.2, 0.25) is 0 Å². The smallest absolute Gasteiger partial charge is 0.356 e. The minimum absolute atomic E-state index is 0.0110. The van der Waals surface area contributed by atoms with Crippen molar-refractivity contribution in [2.24, 2.45) is 0 Å². The van der Waals surface area contributed by atoms with Crippen LogP contribution in [0.1, 0.15) is 27.2 Å². The van der Waals surface area contributed by atoms with E-state index >= 15 is 0 Å². The summed E-state index contributed by atoms with van der Waals surface area (Å²) in [6.07, 6.45) is 0. The molecule has 0 N–H and O–H groups in total. The van der Waals surface area contributed by atoms with Crippen molar-refractivity contribution in [3.05, 3.63) is 111 Å². The van der Waals surface area contributed by atoms with Crippen molar-refractivity contribution in [3.63, 3.8) is 0 Å². The summed E-state index contributed by atoms with van der Waals surface area (Å²) in [5, 5.41) is 12.2. The highest BCUT2D eigenvalue weighted by molar-refractivity contribution is 5.98. The second kappa shape index (κ2) is 11.6. The second-order valence-electron chi connectivity index (χ2n) is 7.70. The maximum Gasteiger partial charge on any atom is 0.356 e. The van der Waals surface area contributed by atoms with Crippen molar-refractivity contribution < 1.29 is 23.9 Å². The molecule has 180 valence electrons. The van der Waals surface area contributed by atoms with Gasteiger partial charge in [-0.3, -0.25) is 10.1 Å². The van der Waals surface area contributed by atoms with Crippen molar-refractivity contribution in [1.29, 1.82) is 0 Å². The Balaban J connectivity index is 1.67. The van der Waals surface area contributed by atoms with Gasteiger partial charge in [0.1, 0.15) is 19.0 Å². The Bertz CT molecular complexity index is 1440. The lowest BCUT2D eigenvalue weighted by molar-refractivity contribution is -0.383. The van der Waals surface area contributed by atoms with Crippen molar-refractivity contribution in [3.8, 4) is 17.6 Å². The van der Waals surface area contributed by atoms with Crippen LogP contribution in [0.4, 0.5) is 5.69 Å². The topological polar surface area (TPSA) is 101 Å². The molecule has 8 nitrogen and oxygen atoms in total. The van der Waals surface area contributed by atoms with Crippen LogP contribution in [0.5, 0.6) is 5.75 Å². The molecular weight excluding hydrogens is 460 g/mol. The molecule has 0 amide bonds. The Morgan fingerprint density at radius 2 is 1.64 bits per heavy atom. The third-order valence-electron chi connectivity index (χ3n) is 5.20. The number of esters is 1. The molecule has 4 aromatic rings. The molecule has 4 rings (SSSR count). The van der Waals surface area contributed by atoms with E-state index in [9.17, 15) is 14.9 Å². The van der Waals surface area contributed by atoms with Gasteiger partial charge in [-0.15, -0.1) is 0 Å². The molecule has 8 heteroatoms. The monoisotopic (exact) mass is 482 g/mol. The van der Waals surface area contributed by atoms with Gasteiger partial charge in [-0.05, 0) is 17.2 Å². The van der Waals surface area contributed by atoms with E-state index in [-0.39, 0.29) is 35.9 Å². The Kier molecular flexibility index (Phi) is 7.86. The van der Waals surface area contributed by atoms with Crippen LogP contribution in [0.25, 0.3) is 10.9 Å². The van der Waals surface area contributed by atoms with Crippen LogP contribution >= 0.6 is 0 Å². The summed E-state index contributed by atoms with van der Waals surface area (Å²) in [4.78, 5) is 27.7. The predicted octanol–water partition coefficient (Wildman–Crippen LogP) is 5.08. The number of nitro groups is 1. The quantitative estimate of drug-likeness (QED) is 0.114. The summed E-state index contributed by atoms with van der Waals surface area (Å²) in [7, 11) is 1.21. The standard InChI is InChI=1S/C28H22N2O6/c1-34-28(31)24-17-26(36-19-21-11-6-3-7-12-21)23-15-22(16-25(30(32)33)27(23)29-24)13-8-14-35-18-20-9-4-2-5-10-20/h2-7,9-12,15-17H,14,18-19H2,1H3. The number of nitrogens with zero attached hydrogens (tertiary/aromatic N) is 2. The van der Waals surface area contributed by atoms with Crippen LogP contribution in [0.2, 0.25) is 0 Å². The van der Waals surface area contributed by atoms with E-state index in [2.05, 4.69) is 16.8 Å². The molecule has 1 heterocycles. The molecule has 0 aliphatic rings. The molecule has 36 heavy (non-hydrogen) atoms. The van der Waals surface area contributed by atoms with Crippen LogP contribution < -0.4 is 4.74 Å². The van der Waals surface area contributed by atoms with E-state index in [1.165, 1.54) is 19.2 Å². The number of pyridine rings is 1. The second-order valence-corrected chi connectivity index (χ2v) is 7.70. The number of hydrogen-bond acceptors (Lipinski definition) is 7. The molecule has 0 unspecified atom stereocenters. The Hall–Kier alpha value is -4.74. The molecule has 0 saturated heterocycles. The van der Waals surface area contributed by atoms with Crippen LogP contribution in [-0.4, -0.2) is 29.6 Å². The number of benzene rings is 3. The largest absolute Gasteiger partial charge is 0.488 e. The maximum absolute atomic E-state index is 12.2.